The first kappa shape index (κ1) is 32.0. The number of hydrogen-bond donors (Lipinski definition) is 2. The number of aliphatic carboxylic acids is 1. The number of carboxylic acid groups (broad SMARTS) is 1. The molecule has 2 rings (SSSR count). The average Bonchev–Trinajstić information content (AvgIpc) is 2.88. The van der Waals surface area contributed by atoms with Gasteiger partial charge in [-0.15, -0.1) is 0 Å². The summed E-state index contributed by atoms with van der Waals surface area (Å²) in [5, 5.41) is 12.2. The van der Waals surface area contributed by atoms with Crippen LogP contribution in [0.5, 0.6) is 5.75 Å². The monoisotopic (exact) mass is 550 g/mol. The van der Waals surface area contributed by atoms with Gasteiger partial charge in [0, 0.05) is 31.7 Å². The van der Waals surface area contributed by atoms with Gasteiger partial charge in [0.15, 0.2) is 6.10 Å². The second-order valence-electron chi connectivity index (χ2n) is 9.43. The Morgan fingerprint density at radius 1 is 1.03 bits per heavy atom. The molecule has 0 saturated carbocycles. The first-order chi connectivity index (χ1) is 18.5. The molecule has 1 unspecified atom stereocenters. The Labute approximate surface area is 229 Å². The fourth-order valence-corrected chi connectivity index (χ4v) is 4.00. The van der Waals surface area contributed by atoms with Crippen molar-refractivity contribution in [2.24, 2.45) is 0 Å². The highest BCUT2D eigenvalue weighted by Gasteiger charge is 2.26. The van der Waals surface area contributed by atoms with E-state index in [0.29, 0.717) is 18.0 Å². The van der Waals surface area contributed by atoms with Crippen LogP contribution in [0.2, 0.25) is 0 Å². The van der Waals surface area contributed by atoms with Gasteiger partial charge in [0.2, 0.25) is 0 Å². The maximum Gasteiger partial charge on any atom is 0.333 e. The number of amides is 2. The van der Waals surface area contributed by atoms with Crippen LogP contribution < -0.4 is 10.1 Å². The molecule has 39 heavy (non-hydrogen) atoms. The summed E-state index contributed by atoms with van der Waals surface area (Å²) < 4.78 is 43.3. The predicted molar refractivity (Wildman–Crippen MR) is 146 cm³/mol. The lowest BCUT2D eigenvalue weighted by atomic mass is 10.1. The zero-order chi connectivity index (χ0) is 29.0. The Morgan fingerprint density at radius 2 is 1.64 bits per heavy atom. The van der Waals surface area contributed by atoms with Gasteiger partial charge in [-0.25, -0.2) is 18.4 Å². The molecular weight excluding hydrogens is 510 g/mol. The third-order valence-electron chi connectivity index (χ3n) is 6.15. The molecule has 0 bridgehead atoms. The van der Waals surface area contributed by atoms with Crippen molar-refractivity contribution >= 4 is 17.7 Å². The Morgan fingerprint density at radius 3 is 2.21 bits per heavy atom. The van der Waals surface area contributed by atoms with Gasteiger partial charge in [0.05, 0.1) is 13.2 Å². The van der Waals surface area contributed by atoms with Crippen molar-refractivity contribution in [2.45, 2.75) is 59.5 Å². The zero-order valence-corrected chi connectivity index (χ0v) is 23.4. The number of carboxylic acids is 1. The number of anilines is 1. The van der Waals surface area contributed by atoms with E-state index >= 15 is 0 Å². The quantitative estimate of drug-likeness (QED) is 0.264. The smallest absolute Gasteiger partial charge is 0.333 e. The standard InChI is InChI=1S/C29H40F2N2O6/c1-6-29(30,31)19-37-14-12-33(28(36)32-26-21(4)16-20(3)17-22(26)5)13-15-39-24-10-8-23(9-11-24)18-25(27(34)35)38-7-2/h8-11,16-17,25H,6-7,12-15,18-19H2,1-5H3,(H,32,36)(H,34,35). The van der Waals surface area contributed by atoms with E-state index in [-0.39, 0.29) is 45.2 Å². The van der Waals surface area contributed by atoms with Gasteiger partial charge >= 0.3 is 12.0 Å². The summed E-state index contributed by atoms with van der Waals surface area (Å²) in [7, 11) is 0. The molecule has 0 aliphatic heterocycles. The lowest BCUT2D eigenvalue weighted by Gasteiger charge is -2.25. The van der Waals surface area contributed by atoms with Crippen molar-refractivity contribution < 1.29 is 37.7 Å². The first-order valence-electron chi connectivity index (χ1n) is 13.1. The third kappa shape index (κ3) is 10.8. The number of urea groups is 1. The normalized spacial score (nSPS) is 12.2. The van der Waals surface area contributed by atoms with Crippen LogP contribution in [0.25, 0.3) is 0 Å². The lowest BCUT2D eigenvalue weighted by molar-refractivity contribution is -0.149. The molecule has 2 aromatic carbocycles. The molecule has 2 N–H and O–H groups in total. The van der Waals surface area contributed by atoms with Crippen molar-refractivity contribution in [1.29, 1.82) is 0 Å². The minimum Gasteiger partial charge on any atom is -0.492 e. The maximum atomic E-state index is 13.5. The summed E-state index contributed by atoms with van der Waals surface area (Å²) >= 11 is 0. The van der Waals surface area contributed by atoms with Gasteiger partial charge < -0.3 is 29.5 Å². The number of ether oxygens (including phenoxy) is 3. The molecule has 0 aromatic heterocycles. The van der Waals surface area contributed by atoms with Crippen molar-refractivity contribution in [3.8, 4) is 5.75 Å². The minimum absolute atomic E-state index is 0.0475. The second-order valence-corrected chi connectivity index (χ2v) is 9.43. The summed E-state index contributed by atoms with van der Waals surface area (Å²) in [6.07, 6.45) is -1.01. The van der Waals surface area contributed by atoms with Gasteiger partial charge in [-0.1, -0.05) is 36.8 Å². The molecule has 0 fully saturated rings. The molecule has 0 heterocycles. The summed E-state index contributed by atoms with van der Waals surface area (Å²) in [4.78, 5) is 25.9. The van der Waals surface area contributed by atoms with Gasteiger partial charge in [-0.05, 0) is 56.5 Å². The Bertz CT molecular complexity index is 1050. The van der Waals surface area contributed by atoms with Gasteiger partial charge in [0.1, 0.15) is 19.0 Å². The third-order valence-corrected chi connectivity index (χ3v) is 6.15. The zero-order valence-electron chi connectivity index (χ0n) is 23.4. The molecule has 0 aliphatic carbocycles. The molecule has 216 valence electrons. The average molecular weight is 551 g/mol. The van der Waals surface area contributed by atoms with Crippen LogP contribution in [0.1, 0.15) is 42.5 Å². The van der Waals surface area contributed by atoms with Crippen LogP contribution in [0.4, 0.5) is 19.3 Å². The summed E-state index contributed by atoms with van der Waals surface area (Å²) in [5.74, 6) is -3.38. The van der Waals surface area contributed by atoms with Crippen molar-refractivity contribution in [1.82, 2.24) is 4.90 Å². The van der Waals surface area contributed by atoms with Gasteiger partial charge in [-0.2, -0.15) is 0 Å². The fraction of sp³-hybridized carbons (Fsp3) is 0.517. The molecule has 0 radical (unpaired) electrons. The first-order valence-corrected chi connectivity index (χ1v) is 13.1. The van der Waals surface area contributed by atoms with E-state index < -0.39 is 24.6 Å². The second kappa shape index (κ2) is 15.4. The topological polar surface area (TPSA) is 97.3 Å². The SMILES string of the molecule is CCOC(Cc1ccc(OCCN(CCOCC(F)(F)CC)C(=O)Nc2c(C)cc(C)cc2C)cc1)C(=O)O. The highest BCUT2D eigenvalue weighted by Crippen LogP contribution is 2.23. The summed E-state index contributed by atoms with van der Waals surface area (Å²) in [6, 6.07) is 10.5. The number of carbonyl (C=O) groups excluding carboxylic acids is 1. The number of hydrogen-bond acceptors (Lipinski definition) is 5. The van der Waals surface area contributed by atoms with Crippen LogP contribution in [-0.2, 0) is 20.7 Å². The number of carbonyl (C=O) groups is 2. The number of benzene rings is 2. The molecule has 0 spiro atoms. The highest BCUT2D eigenvalue weighted by molar-refractivity contribution is 5.91. The molecule has 1 atom stereocenters. The van der Waals surface area contributed by atoms with Crippen LogP contribution in [0, 0.1) is 20.8 Å². The van der Waals surface area contributed by atoms with Crippen molar-refractivity contribution in [3.05, 3.63) is 58.7 Å². The minimum atomic E-state index is -2.91. The Balaban J connectivity index is 2.01. The lowest BCUT2D eigenvalue weighted by Crippen LogP contribution is -2.40. The predicted octanol–water partition coefficient (Wildman–Crippen LogP) is 5.62. The Kier molecular flexibility index (Phi) is 12.6. The molecule has 0 saturated heterocycles. The Hall–Kier alpha value is -3.24. The van der Waals surface area contributed by atoms with E-state index in [1.54, 1.807) is 31.2 Å². The van der Waals surface area contributed by atoms with Crippen LogP contribution in [0.15, 0.2) is 36.4 Å². The van der Waals surface area contributed by atoms with Gasteiger partial charge in [-0.3, -0.25) is 0 Å². The molecular formula is C29H40F2N2O6. The number of halogens is 2. The molecule has 2 aromatic rings. The number of alkyl halides is 2. The molecule has 10 heteroatoms. The number of nitrogens with one attached hydrogen (secondary N) is 1. The highest BCUT2D eigenvalue weighted by atomic mass is 19.3. The van der Waals surface area contributed by atoms with Crippen LogP contribution >= 0.6 is 0 Å². The molecule has 2 amide bonds. The van der Waals surface area contributed by atoms with E-state index in [1.165, 1.54) is 11.8 Å². The molecule has 0 aliphatic rings. The number of rotatable bonds is 16. The van der Waals surface area contributed by atoms with Crippen LogP contribution in [-0.4, -0.2) is 73.6 Å². The van der Waals surface area contributed by atoms with E-state index in [4.69, 9.17) is 14.2 Å². The van der Waals surface area contributed by atoms with Crippen LogP contribution in [0.3, 0.4) is 0 Å². The van der Waals surface area contributed by atoms with E-state index in [9.17, 15) is 23.5 Å². The summed E-state index contributed by atoms with van der Waals surface area (Å²) in [6.45, 7) is 8.94. The number of nitrogens with zero attached hydrogens (tertiary/aromatic N) is 1. The maximum absolute atomic E-state index is 13.5. The fourth-order valence-electron chi connectivity index (χ4n) is 4.00. The van der Waals surface area contributed by atoms with Crippen molar-refractivity contribution in [2.75, 3.05) is 44.8 Å². The van der Waals surface area contributed by atoms with Gasteiger partial charge in [0.25, 0.3) is 5.92 Å². The van der Waals surface area contributed by atoms with E-state index in [1.807, 2.05) is 32.9 Å². The van der Waals surface area contributed by atoms with E-state index in [2.05, 4.69) is 5.32 Å². The van der Waals surface area contributed by atoms with E-state index in [0.717, 1.165) is 22.3 Å². The summed E-state index contributed by atoms with van der Waals surface area (Å²) in [5.41, 5.74) is 4.42. The molecule has 8 nitrogen and oxygen atoms in total. The number of aryl methyl sites for hydroxylation is 3. The largest absolute Gasteiger partial charge is 0.492 e. The van der Waals surface area contributed by atoms with Crippen molar-refractivity contribution in [3.63, 3.8) is 0 Å².